The fourth-order valence-corrected chi connectivity index (χ4v) is 3.63. The van der Waals surface area contributed by atoms with Crippen LogP contribution in [0.25, 0.3) is 10.8 Å². The molecule has 0 aliphatic heterocycles. The van der Waals surface area contributed by atoms with Crippen LogP contribution in [0.1, 0.15) is 53.6 Å². The molecule has 3 aromatic rings. The lowest BCUT2D eigenvalue weighted by Gasteiger charge is -2.15. The molecule has 1 N–H and O–H groups in total. The molecule has 0 spiro atoms. The predicted molar refractivity (Wildman–Crippen MR) is 117 cm³/mol. The number of ether oxygens (including phenoxy) is 1. The number of hydrogen-bond donors (Lipinski definition) is 1. The van der Waals surface area contributed by atoms with Crippen LogP contribution in [0.5, 0.6) is 5.75 Å². The number of phenolic OH excluding ortho intramolecular Hbond substituents is 1. The fourth-order valence-electron chi connectivity index (χ4n) is 3.63. The number of phenols is 1. The molecule has 3 aromatic carbocycles. The van der Waals surface area contributed by atoms with Crippen LogP contribution in [0.2, 0.25) is 0 Å². The molecular weight excluding hydrogens is 372 g/mol. The van der Waals surface area contributed by atoms with E-state index in [-0.39, 0.29) is 23.7 Å². The van der Waals surface area contributed by atoms with Gasteiger partial charge in [0.25, 0.3) is 0 Å². The molecule has 0 fully saturated rings. The summed E-state index contributed by atoms with van der Waals surface area (Å²) in [7, 11) is 1.32. The number of carbonyl (C=O) groups excluding carboxylic acids is 1. The summed E-state index contributed by atoms with van der Waals surface area (Å²) in [5, 5.41) is 12.4. The third-order valence-corrected chi connectivity index (χ3v) is 5.17. The highest BCUT2D eigenvalue weighted by Crippen LogP contribution is 2.29. The van der Waals surface area contributed by atoms with Gasteiger partial charge in [-0.1, -0.05) is 61.9 Å². The predicted octanol–water partition coefficient (Wildman–Crippen LogP) is 6.27. The molecule has 3 nitrogen and oxygen atoms in total. The van der Waals surface area contributed by atoms with E-state index in [0.29, 0.717) is 5.92 Å². The molecule has 28 heavy (non-hydrogen) atoms. The summed E-state index contributed by atoms with van der Waals surface area (Å²) < 4.78 is 4.71. The quantitative estimate of drug-likeness (QED) is 0.376. The van der Waals surface area contributed by atoms with Crippen molar-refractivity contribution in [1.29, 1.82) is 0 Å². The maximum Gasteiger partial charge on any atom is 0.341 e. The van der Waals surface area contributed by atoms with Crippen LogP contribution >= 0.6 is 12.4 Å². The molecule has 0 aromatic heterocycles. The SMILES string of the molecule is COC(=O)c1cc(CCCC[C@H](C)c2cccc3ccccc23)ccc1O.Cl. The Morgan fingerprint density at radius 3 is 2.57 bits per heavy atom. The van der Waals surface area contributed by atoms with Crippen molar-refractivity contribution in [3.05, 3.63) is 77.4 Å². The molecule has 1 atom stereocenters. The van der Waals surface area contributed by atoms with Gasteiger partial charge in [0.05, 0.1) is 7.11 Å². The van der Waals surface area contributed by atoms with Crippen molar-refractivity contribution in [2.24, 2.45) is 0 Å². The Bertz CT molecular complexity index is 931. The zero-order chi connectivity index (χ0) is 19.2. The zero-order valence-electron chi connectivity index (χ0n) is 16.4. The third-order valence-electron chi connectivity index (χ3n) is 5.17. The summed E-state index contributed by atoms with van der Waals surface area (Å²) in [5.74, 6) is -0.0318. The van der Waals surface area contributed by atoms with Crippen LogP contribution in [-0.2, 0) is 11.2 Å². The molecule has 0 heterocycles. The number of aromatic hydroxyl groups is 1. The first-order valence-corrected chi connectivity index (χ1v) is 9.48. The van der Waals surface area contributed by atoms with E-state index in [1.165, 1.54) is 23.4 Å². The molecule has 0 saturated carbocycles. The number of fused-ring (bicyclic) bond motifs is 1. The minimum Gasteiger partial charge on any atom is -0.507 e. The van der Waals surface area contributed by atoms with Crippen molar-refractivity contribution in [3.8, 4) is 5.75 Å². The fraction of sp³-hybridized carbons (Fsp3) is 0.292. The lowest BCUT2D eigenvalue weighted by molar-refractivity contribution is 0.0597. The van der Waals surface area contributed by atoms with Gasteiger partial charge >= 0.3 is 5.97 Å². The second-order valence-corrected chi connectivity index (χ2v) is 7.06. The molecule has 0 aliphatic rings. The Labute approximate surface area is 172 Å². The summed E-state index contributed by atoms with van der Waals surface area (Å²) in [5.41, 5.74) is 2.69. The van der Waals surface area contributed by atoms with E-state index in [0.717, 1.165) is 31.2 Å². The standard InChI is InChI=1S/C24H26O3.ClH/c1-17(20-13-7-11-19-10-5-6-12-21(19)20)8-3-4-9-18-14-15-23(25)22(16-18)24(26)27-2;/h5-7,10-17,25H,3-4,8-9H2,1-2H3;1H/t17-;/m0./s1. The Morgan fingerprint density at radius 1 is 1.04 bits per heavy atom. The molecular formula is C24H27ClO3. The van der Waals surface area contributed by atoms with Gasteiger partial charge in [-0.3, -0.25) is 0 Å². The minimum absolute atomic E-state index is 0. The van der Waals surface area contributed by atoms with Gasteiger partial charge in [0, 0.05) is 0 Å². The number of methoxy groups -OCH3 is 1. The van der Waals surface area contributed by atoms with Crippen LogP contribution in [0.4, 0.5) is 0 Å². The Balaban J connectivity index is 0.00000280. The smallest absolute Gasteiger partial charge is 0.341 e. The maximum absolute atomic E-state index is 11.7. The van der Waals surface area contributed by atoms with E-state index in [4.69, 9.17) is 4.74 Å². The molecule has 148 valence electrons. The number of esters is 1. The van der Waals surface area contributed by atoms with Gasteiger partial charge in [0.2, 0.25) is 0 Å². The van der Waals surface area contributed by atoms with Crippen LogP contribution in [0, 0.1) is 0 Å². The Hall–Kier alpha value is -2.52. The summed E-state index contributed by atoms with van der Waals surface area (Å²) in [6.45, 7) is 2.29. The number of aryl methyl sites for hydroxylation is 1. The van der Waals surface area contributed by atoms with Gasteiger partial charge in [-0.05, 0) is 59.2 Å². The number of halogens is 1. The monoisotopic (exact) mass is 398 g/mol. The molecule has 0 bridgehead atoms. The number of benzene rings is 3. The first-order valence-electron chi connectivity index (χ1n) is 9.48. The number of hydrogen-bond acceptors (Lipinski definition) is 3. The van der Waals surface area contributed by atoms with Crippen molar-refractivity contribution in [3.63, 3.8) is 0 Å². The highest BCUT2D eigenvalue weighted by molar-refractivity contribution is 5.92. The molecule has 0 amide bonds. The third kappa shape index (κ3) is 5.05. The summed E-state index contributed by atoms with van der Waals surface area (Å²) in [6.07, 6.45) is 4.15. The van der Waals surface area contributed by atoms with E-state index in [9.17, 15) is 9.90 Å². The van der Waals surface area contributed by atoms with Crippen molar-refractivity contribution < 1.29 is 14.6 Å². The van der Waals surface area contributed by atoms with Crippen LogP contribution < -0.4 is 0 Å². The van der Waals surface area contributed by atoms with Crippen molar-refractivity contribution in [1.82, 2.24) is 0 Å². The minimum atomic E-state index is -0.501. The van der Waals surface area contributed by atoms with E-state index >= 15 is 0 Å². The lowest BCUT2D eigenvalue weighted by Crippen LogP contribution is -2.02. The number of carbonyl (C=O) groups is 1. The van der Waals surface area contributed by atoms with Gasteiger partial charge in [0.1, 0.15) is 11.3 Å². The van der Waals surface area contributed by atoms with Crippen LogP contribution in [-0.4, -0.2) is 18.2 Å². The molecule has 0 saturated heterocycles. The topological polar surface area (TPSA) is 46.5 Å². The number of rotatable bonds is 7. The Morgan fingerprint density at radius 2 is 1.79 bits per heavy atom. The molecule has 0 aliphatic carbocycles. The first kappa shape index (κ1) is 21.8. The molecule has 0 radical (unpaired) electrons. The first-order chi connectivity index (χ1) is 13.1. The van der Waals surface area contributed by atoms with Gasteiger partial charge in [-0.2, -0.15) is 0 Å². The number of unbranched alkanes of at least 4 members (excludes halogenated alkanes) is 1. The average molecular weight is 399 g/mol. The van der Waals surface area contributed by atoms with E-state index in [1.807, 2.05) is 6.07 Å². The average Bonchev–Trinajstić information content (AvgIpc) is 2.71. The van der Waals surface area contributed by atoms with Crippen molar-refractivity contribution >= 4 is 29.1 Å². The van der Waals surface area contributed by atoms with Crippen molar-refractivity contribution in [2.45, 2.75) is 38.5 Å². The van der Waals surface area contributed by atoms with E-state index in [2.05, 4.69) is 49.4 Å². The second-order valence-electron chi connectivity index (χ2n) is 7.06. The van der Waals surface area contributed by atoms with E-state index in [1.54, 1.807) is 12.1 Å². The summed E-state index contributed by atoms with van der Waals surface area (Å²) in [4.78, 5) is 11.7. The maximum atomic E-state index is 11.7. The zero-order valence-corrected chi connectivity index (χ0v) is 17.2. The Kier molecular flexibility index (Phi) is 7.89. The van der Waals surface area contributed by atoms with E-state index < -0.39 is 5.97 Å². The van der Waals surface area contributed by atoms with Gasteiger partial charge in [-0.25, -0.2) is 4.79 Å². The highest BCUT2D eigenvalue weighted by atomic mass is 35.5. The normalized spacial score (nSPS) is 11.6. The highest BCUT2D eigenvalue weighted by Gasteiger charge is 2.12. The van der Waals surface area contributed by atoms with Crippen molar-refractivity contribution in [2.75, 3.05) is 7.11 Å². The van der Waals surface area contributed by atoms with Gasteiger partial charge in [-0.15, -0.1) is 12.4 Å². The van der Waals surface area contributed by atoms with Crippen LogP contribution in [0.15, 0.2) is 60.7 Å². The lowest BCUT2D eigenvalue weighted by atomic mass is 9.90. The molecule has 4 heteroatoms. The molecule has 3 rings (SSSR count). The van der Waals surface area contributed by atoms with Gasteiger partial charge < -0.3 is 9.84 Å². The molecule has 0 unspecified atom stereocenters. The summed E-state index contributed by atoms with van der Waals surface area (Å²) >= 11 is 0. The van der Waals surface area contributed by atoms with Gasteiger partial charge in [0.15, 0.2) is 0 Å². The second kappa shape index (κ2) is 10.1. The largest absolute Gasteiger partial charge is 0.507 e. The summed E-state index contributed by atoms with van der Waals surface area (Å²) in [6, 6.07) is 20.2. The van der Waals surface area contributed by atoms with Crippen LogP contribution in [0.3, 0.4) is 0 Å².